The molecule has 2 aromatic heterocycles. The third kappa shape index (κ3) is 2.22. The maximum absolute atomic E-state index is 5.27. The summed E-state index contributed by atoms with van der Waals surface area (Å²) in [5.74, 6) is 0.883. The largest absolute Gasteiger partial charge is 0.495 e. The number of pyridine rings is 1. The summed E-state index contributed by atoms with van der Waals surface area (Å²) in [5.41, 5.74) is 5.29. The minimum absolute atomic E-state index is 0.883. The van der Waals surface area contributed by atoms with Crippen LogP contribution in [-0.4, -0.2) is 11.5 Å². The van der Waals surface area contributed by atoms with Gasteiger partial charge in [0.05, 0.1) is 13.3 Å². The van der Waals surface area contributed by atoms with E-state index in [0.29, 0.717) is 0 Å². The first-order valence-corrected chi connectivity index (χ1v) is 6.46. The van der Waals surface area contributed by atoms with E-state index >= 15 is 0 Å². The second kappa shape index (κ2) is 4.81. The van der Waals surface area contributed by atoms with Crippen LogP contribution >= 0.6 is 0 Å². The molecular formula is C17H17NO. The Balaban J connectivity index is 2.06. The van der Waals surface area contributed by atoms with Crippen molar-refractivity contribution in [2.75, 3.05) is 7.11 Å². The van der Waals surface area contributed by atoms with Crippen molar-refractivity contribution in [1.29, 1.82) is 0 Å². The zero-order chi connectivity index (χ0) is 13.2. The van der Waals surface area contributed by atoms with E-state index in [1.807, 2.05) is 12.3 Å². The van der Waals surface area contributed by atoms with Gasteiger partial charge >= 0.3 is 0 Å². The number of benzene rings is 1. The van der Waals surface area contributed by atoms with Crippen molar-refractivity contribution in [3.63, 3.8) is 0 Å². The third-order valence-electron chi connectivity index (χ3n) is 3.53. The fourth-order valence-electron chi connectivity index (χ4n) is 2.50. The molecule has 2 heterocycles. The molecule has 2 heteroatoms. The normalized spacial score (nSPS) is 10.8. The van der Waals surface area contributed by atoms with Crippen LogP contribution in [-0.2, 0) is 6.42 Å². The van der Waals surface area contributed by atoms with Crippen molar-refractivity contribution in [3.8, 4) is 5.75 Å². The Morgan fingerprint density at radius 2 is 1.79 bits per heavy atom. The van der Waals surface area contributed by atoms with Crippen molar-refractivity contribution in [2.24, 2.45) is 0 Å². The molecule has 0 aliphatic heterocycles. The zero-order valence-electron chi connectivity index (χ0n) is 11.3. The van der Waals surface area contributed by atoms with E-state index in [4.69, 9.17) is 4.74 Å². The quantitative estimate of drug-likeness (QED) is 0.689. The van der Waals surface area contributed by atoms with Gasteiger partial charge in [0.2, 0.25) is 0 Å². The molecule has 0 aliphatic carbocycles. The Hall–Kier alpha value is -2.22. The summed E-state index contributed by atoms with van der Waals surface area (Å²) in [6, 6.07) is 14.7. The van der Waals surface area contributed by atoms with Gasteiger partial charge in [-0.15, -0.1) is 0 Å². The van der Waals surface area contributed by atoms with E-state index in [2.05, 4.69) is 53.9 Å². The summed E-state index contributed by atoms with van der Waals surface area (Å²) in [5, 5.41) is 0. The molecule has 0 fully saturated rings. The maximum atomic E-state index is 5.27. The van der Waals surface area contributed by atoms with Gasteiger partial charge in [-0.25, -0.2) is 0 Å². The molecule has 19 heavy (non-hydrogen) atoms. The molecule has 0 atom stereocenters. The van der Waals surface area contributed by atoms with Crippen molar-refractivity contribution in [3.05, 3.63) is 71.5 Å². The van der Waals surface area contributed by atoms with Crippen LogP contribution in [0.25, 0.3) is 5.52 Å². The topological polar surface area (TPSA) is 13.6 Å². The summed E-state index contributed by atoms with van der Waals surface area (Å²) in [4.78, 5) is 0. The maximum Gasteiger partial charge on any atom is 0.135 e. The Kier molecular flexibility index (Phi) is 3.00. The highest BCUT2D eigenvalue weighted by Crippen LogP contribution is 2.24. The van der Waals surface area contributed by atoms with Gasteiger partial charge in [0, 0.05) is 11.7 Å². The predicted octanol–water partition coefficient (Wildman–Crippen LogP) is 3.85. The molecule has 2 nitrogen and oxygen atoms in total. The van der Waals surface area contributed by atoms with Gasteiger partial charge in [-0.05, 0) is 42.2 Å². The first-order chi connectivity index (χ1) is 9.28. The molecule has 0 saturated heterocycles. The number of ether oxygens (including phenoxy) is 1. The minimum atomic E-state index is 0.883. The van der Waals surface area contributed by atoms with Crippen LogP contribution in [0.1, 0.15) is 16.7 Å². The van der Waals surface area contributed by atoms with E-state index < -0.39 is 0 Å². The van der Waals surface area contributed by atoms with E-state index in [-0.39, 0.29) is 0 Å². The number of hydrogen-bond donors (Lipinski definition) is 0. The van der Waals surface area contributed by atoms with Crippen molar-refractivity contribution in [1.82, 2.24) is 4.40 Å². The highest BCUT2D eigenvalue weighted by atomic mass is 16.5. The number of aryl methyl sites for hydroxylation is 1. The van der Waals surface area contributed by atoms with Gasteiger partial charge in [-0.1, -0.05) is 30.3 Å². The van der Waals surface area contributed by atoms with Gasteiger partial charge < -0.3 is 9.14 Å². The third-order valence-corrected chi connectivity index (χ3v) is 3.53. The standard InChI is InChI=1S/C17H17NO/c1-13-11-18-12-15(19-2)8-9-17(18)16(13)10-14-6-4-3-5-7-14/h3-9,11-12H,10H2,1-2H3. The Morgan fingerprint density at radius 3 is 2.53 bits per heavy atom. The van der Waals surface area contributed by atoms with Crippen molar-refractivity contribution in [2.45, 2.75) is 13.3 Å². The molecule has 1 aromatic carbocycles. The van der Waals surface area contributed by atoms with E-state index in [0.717, 1.165) is 12.2 Å². The predicted molar refractivity (Wildman–Crippen MR) is 77.9 cm³/mol. The van der Waals surface area contributed by atoms with Crippen molar-refractivity contribution >= 4 is 5.52 Å². The lowest BCUT2D eigenvalue weighted by molar-refractivity contribution is 0.412. The van der Waals surface area contributed by atoms with Gasteiger partial charge in [0.25, 0.3) is 0 Å². The van der Waals surface area contributed by atoms with E-state index in [1.54, 1.807) is 7.11 Å². The molecule has 0 bridgehead atoms. The molecule has 3 aromatic rings. The van der Waals surface area contributed by atoms with Crippen LogP contribution in [0.5, 0.6) is 5.75 Å². The number of aromatic nitrogens is 1. The van der Waals surface area contributed by atoms with Crippen LogP contribution in [0.15, 0.2) is 54.9 Å². The second-order valence-electron chi connectivity index (χ2n) is 4.81. The summed E-state index contributed by atoms with van der Waals surface area (Å²) in [6.45, 7) is 2.16. The molecule has 0 aliphatic rings. The van der Waals surface area contributed by atoms with Gasteiger partial charge in [0.15, 0.2) is 0 Å². The number of fused-ring (bicyclic) bond motifs is 1. The van der Waals surface area contributed by atoms with Crippen LogP contribution < -0.4 is 4.74 Å². The Bertz CT molecular complexity index is 698. The molecule has 0 unspecified atom stereocenters. The van der Waals surface area contributed by atoms with Crippen LogP contribution in [0.3, 0.4) is 0 Å². The summed E-state index contributed by atoms with van der Waals surface area (Å²) in [7, 11) is 1.70. The van der Waals surface area contributed by atoms with E-state index in [9.17, 15) is 0 Å². The molecule has 3 rings (SSSR count). The molecular weight excluding hydrogens is 234 g/mol. The van der Waals surface area contributed by atoms with Crippen molar-refractivity contribution < 1.29 is 4.74 Å². The number of hydrogen-bond acceptors (Lipinski definition) is 1. The van der Waals surface area contributed by atoms with Gasteiger partial charge in [-0.2, -0.15) is 0 Å². The lowest BCUT2D eigenvalue weighted by Gasteiger charge is -2.04. The second-order valence-corrected chi connectivity index (χ2v) is 4.81. The van der Waals surface area contributed by atoms with Gasteiger partial charge in [0.1, 0.15) is 5.75 Å². The molecule has 0 spiro atoms. The summed E-state index contributed by atoms with van der Waals surface area (Å²) >= 11 is 0. The number of nitrogens with zero attached hydrogens (tertiary/aromatic N) is 1. The SMILES string of the molecule is COc1ccc2c(Cc3ccccc3)c(C)cn2c1. The summed E-state index contributed by atoms with van der Waals surface area (Å²) < 4.78 is 7.41. The average molecular weight is 251 g/mol. The summed E-state index contributed by atoms with van der Waals surface area (Å²) in [6.07, 6.45) is 5.16. The Labute approximate surface area is 113 Å². The zero-order valence-corrected chi connectivity index (χ0v) is 11.3. The highest BCUT2D eigenvalue weighted by molar-refractivity contribution is 5.61. The number of methoxy groups -OCH3 is 1. The lowest BCUT2D eigenvalue weighted by atomic mass is 10.0. The Morgan fingerprint density at radius 1 is 1.00 bits per heavy atom. The fourth-order valence-corrected chi connectivity index (χ4v) is 2.50. The lowest BCUT2D eigenvalue weighted by Crippen LogP contribution is -1.91. The molecule has 0 radical (unpaired) electrons. The molecule has 0 amide bonds. The minimum Gasteiger partial charge on any atom is -0.495 e. The van der Waals surface area contributed by atoms with Crippen LogP contribution in [0.2, 0.25) is 0 Å². The monoisotopic (exact) mass is 251 g/mol. The first-order valence-electron chi connectivity index (χ1n) is 6.46. The molecule has 0 saturated carbocycles. The van der Waals surface area contributed by atoms with E-state index in [1.165, 1.54) is 22.2 Å². The van der Waals surface area contributed by atoms with Crippen LogP contribution in [0.4, 0.5) is 0 Å². The van der Waals surface area contributed by atoms with Crippen LogP contribution in [0, 0.1) is 6.92 Å². The smallest absolute Gasteiger partial charge is 0.135 e. The number of rotatable bonds is 3. The average Bonchev–Trinajstić information content (AvgIpc) is 2.75. The highest BCUT2D eigenvalue weighted by Gasteiger charge is 2.08. The first kappa shape index (κ1) is 11.8. The van der Waals surface area contributed by atoms with Gasteiger partial charge in [-0.3, -0.25) is 0 Å². The molecule has 0 N–H and O–H groups in total. The molecule has 96 valence electrons. The fraction of sp³-hybridized carbons (Fsp3) is 0.176.